The van der Waals surface area contributed by atoms with Crippen molar-refractivity contribution in [1.82, 2.24) is 9.80 Å². The Morgan fingerprint density at radius 1 is 0.771 bits per heavy atom. The third-order valence-electron chi connectivity index (χ3n) is 9.95. The van der Waals surface area contributed by atoms with Crippen LogP contribution in [0.1, 0.15) is 46.4 Å². The summed E-state index contributed by atoms with van der Waals surface area (Å²) >= 11 is 2.07. The van der Waals surface area contributed by atoms with Gasteiger partial charge in [0, 0.05) is 36.8 Å². The average Bonchev–Trinajstić information content (AvgIpc) is 3.61. The summed E-state index contributed by atoms with van der Waals surface area (Å²) in [5.74, 6) is 1.90. The molecule has 5 heteroatoms. The maximum atomic E-state index is 6.32. The molecule has 3 atom stereocenters. The third-order valence-corrected chi connectivity index (χ3v) is 11.2. The predicted molar refractivity (Wildman–Crippen MR) is 199 cm³/mol. The van der Waals surface area contributed by atoms with E-state index in [1.807, 2.05) is 0 Å². The number of benzene rings is 5. The molecule has 5 aromatic rings. The summed E-state index contributed by atoms with van der Waals surface area (Å²) < 4.78 is 12.5. The molecule has 0 saturated carbocycles. The van der Waals surface area contributed by atoms with Gasteiger partial charge in [-0.3, -0.25) is 9.80 Å². The van der Waals surface area contributed by atoms with E-state index in [1.165, 1.54) is 33.4 Å². The molecular weight excluding hydrogens is 609 g/mol. The summed E-state index contributed by atoms with van der Waals surface area (Å²) in [4.78, 5) is 5.19. The predicted octanol–water partition coefficient (Wildman–Crippen LogP) is 8.75. The van der Waals surface area contributed by atoms with Crippen LogP contribution in [0.3, 0.4) is 0 Å². The van der Waals surface area contributed by atoms with Gasteiger partial charge in [0.15, 0.2) is 0 Å². The highest BCUT2D eigenvalue weighted by Crippen LogP contribution is 2.46. The zero-order chi connectivity index (χ0) is 32.8. The fraction of sp³-hybridized carbons (Fsp3) is 0.302. The van der Waals surface area contributed by atoms with E-state index < -0.39 is 0 Å². The van der Waals surface area contributed by atoms with Crippen LogP contribution in [0, 0.1) is 6.92 Å². The fourth-order valence-electron chi connectivity index (χ4n) is 7.44. The van der Waals surface area contributed by atoms with Crippen LogP contribution in [-0.4, -0.2) is 59.8 Å². The number of ether oxygens (including phenoxy) is 2. The second-order valence-electron chi connectivity index (χ2n) is 13.2. The smallest absolute Gasteiger partial charge is 0.119 e. The maximum Gasteiger partial charge on any atom is 0.119 e. The molecule has 0 amide bonds. The highest BCUT2D eigenvalue weighted by atomic mass is 32.2. The van der Waals surface area contributed by atoms with E-state index in [0.29, 0.717) is 17.9 Å². The standard InChI is InChI=1S/C43H46N2O2S/c1-33-13-12-14-36(27-33)42-30-44(25-26-46-42)34(2)31-47-40-23-21-35(22-24-40)28-41-29-45(32-48-41)43(37-15-6-3-7-16-37,38-17-8-4-9-18-38)39-19-10-5-11-20-39/h3-24,27,34,41-42H,25-26,28-32H2,1-2H3. The number of rotatable bonds is 11. The minimum Gasteiger partial charge on any atom is -0.492 e. The van der Waals surface area contributed by atoms with E-state index in [1.54, 1.807) is 0 Å². The molecule has 0 bridgehead atoms. The van der Waals surface area contributed by atoms with Gasteiger partial charge in [0.05, 0.1) is 18.2 Å². The molecule has 2 aliphatic rings. The van der Waals surface area contributed by atoms with Gasteiger partial charge in [-0.2, -0.15) is 0 Å². The van der Waals surface area contributed by atoms with Crippen molar-refractivity contribution >= 4 is 11.8 Å². The molecule has 0 N–H and O–H groups in total. The normalized spacial score (nSPS) is 19.6. The van der Waals surface area contributed by atoms with E-state index in [4.69, 9.17) is 9.47 Å². The quantitative estimate of drug-likeness (QED) is 0.133. The van der Waals surface area contributed by atoms with Gasteiger partial charge in [-0.15, -0.1) is 11.8 Å². The van der Waals surface area contributed by atoms with Crippen molar-refractivity contribution in [3.05, 3.63) is 173 Å². The van der Waals surface area contributed by atoms with Crippen molar-refractivity contribution in [2.75, 3.05) is 38.7 Å². The number of morpholine rings is 1. The van der Waals surface area contributed by atoms with Crippen LogP contribution >= 0.6 is 11.8 Å². The van der Waals surface area contributed by atoms with Crippen LogP contribution in [0.25, 0.3) is 0 Å². The molecule has 2 heterocycles. The fourth-order valence-corrected chi connectivity index (χ4v) is 8.72. The molecule has 0 aromatic heterocycles. The van der Waals surface area contributed by atoms with E-state index >= 15 is 0 Å². The van der Waals surface area contributed by atoms with Gasteiger partial charge in [-0.25, -0.2) is 0 Å². The maximum absolute atomic E-state index is 6.32. The van der Waals surface area contributed by atoms with Crippen molar-refractivity contribution in [2.24, 2.45) is 0 Å². The van der Waals surface area contributed by atoms with Crippen LogP contribution < -0.4 is 4.74 Å². The molecule has 48 heavy (non-hydrogen) atoms. The Balaban J connectivity index is 1.00. The van der Waals surface area contributed by atoms with Gasteiger partial charge < -0.3 is 9.47 Å². The van der Waals surface area contributed by atoms with Gasteiger partial charge in [-0.05, 0) is 60.2 Å². The summed E-state index contributed by atoms with van der Waals surface area (Å²) in [7, 11) is 0. The minimum atomic E-state index is -0.361. The van der Waals surface area contributed by atoms with Crippen LogP contribution in [0.5, 0.6) is 5.75 Å². The first kappa shape index (κ1) is 32.7. The van der Waals surface area contributed by atoms with Crippen molar-refractivity contribution in [1.29, 1.82) is 0 Å². The van der Waals surface area contributed by atoms with Gasteiger partial charge in [0.1, 0.15) is 12.4 Å². The van der Waals surface area contributed by atoms with Gasteiger partial charge in [0.25, 0.3) is 0 Å². The summed E-state index contributed by atoms with van der Waals surface area (Å²) in [6, 6.07) is 50.9. The molecule has 2 saturated heterocycles. The Labute approximate surface area is 290 Å². The number of thioether (sulfide) groups is 1. The van der Waals surface area contributed by atoms with Gasteiger partial charge in [-0.1, -0.05) is 133 Å². The lowest BCUT2D eigenvalue weighted by atomic mass is 9.75. The lowest BCUT2D eigenvalue weighted by Gasteiger charge is -2.43. The van der Waals surface area contributed by atoms with Crippen LogP contribution in [0.4, 0.5) is 0 Å². The number of hydrogen-bond donors (Lipinski definition) is 0. The van der Waals surface area contributed by atoms with Crippen molar-refractivity contribution in [3.8, 4) is 5.75 Å². The van der Waals surface area contributed by atoms with Crippen molar-refractivity contribution in [2.45, 2.75) is 43.2 Å². The first-order valence-corrected chi connectivity index (χ1v) is 18.3. The van der Waals surface area contributed by atoms with Crippen molar-refractivity contribution in [3.63, 3.8) is 0 Å². The average molecular weight is 655 g/mol. The highest BCUT2D eigenvalue weighted by Gasteiger charge is 2.45. The summed E-state index contributed by atoms with van der Waals surface area (Å²) in [5, 5.41) is 0.495. The molecule has 0 spiro atoms. The summed E-state index contributed by atoms with van der Waals surface area (Å²) in [6.07, 6.45) is 1.14. The molecule has 2 aliphatic heterocycles. The summed E-state index contributed by atoms with van der Waals surface area (Å²) in [5.41, 5.74) is 7.45. The Bertz CT molecular complexity index is 1640. The van der Waals surface area contributed by atoms with E-state index in [2.05, 4.69) is 175 Å². The number of aryl methyl sites for hydroxylation is 1. The Morgan fingerprint density at radius 2 is 1.40 bits per heavy atom. The molecule has 4 nitrogen and oxygen atoms in total. The lowest BCUT2D eigenvalue weighted by molar-refractivity contribution is -0.0478. The molecule has 0 radical (unpaired) electrons. The molecule has 3 unspecified atom stereocenters. The van der Waals surface area contributed by atoms with E-state index in [-0.39, 0.29) is 11.6 Å². The largest absolute Gasteiger partial charge is 0.492 e. The first-order valence-electron chi connectivity index (χ1n) is 17.3. The van der Waals surface area contributed by atoms with Gasteiger partial charge in [0.2, 0.25) is 0 Å². The van der Waals surface area contributed by atoms with E-state index in [0.717, 1.165) is 44.3 Å². The Hall–Kier alpha value is -3.87. The second kappa shape index (κ2) is 15.1. The number of nitrogens with zero attached hydrogens (tertiary/aromatic N) is 2. The molecule has 5 aromatic carbocycles. The SMILES string of the molecule is Cc1cccc(C2CN(C(C)COc3ccc(CC4CN(C(c5ccccc5)(c5ccccc5)c5ccccc5)CS4)cc3)CCO2)c1. The Kier molecular flexibility index (Phi) is 10.3. The monoisotopic (exact) mass is 654 g/mol. The number of hydrogen-bond acceptors (Lipinski definition) is 5. The molecule has 0 aliphatic carbocycles. The highest BCUT2D eigenvalue weighted by molar-refractivity contribution is 8.00. The molecular formula is C43H46N2O2S. The van der Waals surface area contributed by atoms with E-state index in [9.17, 15) is 0 Å². The third kappa shape index (κ3) is 7.11. The van der Waals surface area contributed by atoms with Crippen LogP contribution in [-0.2, 0) is 16.7 Å². The summed E-state index contributed by atoms with van der Waals surface area (Å²) in [6.45, 7) is 8.64. The lowest BCUT2D eigenvalue weighted by Crippen LogP contribution is -2.47. The zero-order valence-electron chi connectivity index (χ0n) is 28.1. The van der Waals surface area contributed by atoms with Gasteiger partial charge >= 0.3 is 0 Å². The van der Waals surface area contributed by atoms with Crippen molar-refractivity contribution < 1.29 is 9.47 Å². The van der Waals surface area contributed by atoms with Crippen LogP contribution in [0.15, 0.2) is 140 Å². The Morgan fingerprint density at radius 3 is 2.00 bits per heavy atom. The first-order chi connectivity index (χ1) is 23.6. The molecule has 2 fully saturated rings. The topological polar surface area (TPSA) is 24.9 Å². The molecule has 7 rings (SSSR count). The molecule has 246 valence electrons. The minimum absolute atomic E-state index is 0.114. The second-order valence-corrected chi connectivity index (χ2v) is 14.5. The zero-order valence-corrected chi connectivity index (χ0v) is 28.9. The van der Waals surface area contributed by atoms with Crippen LogP contribution in [0.2, 0.25) is 0 Å².